The highest BCUT2D eigenvalue weighted by Gasteiger charge is 2.35. The van der Waals surface area contributed by atoms with E-state index in [2.05, 4.69) is 9.97 Å². The number of imidazole rings is 1. The van der Waals surface area contributed by atoms with Crippen LogP contribution in [0.15, 0.2) is 84.0 Å². The van der Waals surface area contributed by atoms with Crippen LogP contribution in [0.1, 0.15) is 22.4 Å². The first kappa shape index (κ1) is 22.4. The van der Waals surface area contributed by atoms with Gasteiger partial charge in [0.1, 0.15) is 5.54 Å². The number of hydrogen-bond donors (Lipinski definition) is 2. The van der Waals surface area contributed by atoms with E-state index >= 15 is 0 Å². The number of fused-ring (bicyclic) bond motifs is 1. The van der Waals surface area contributed by atoms with Crippen molar-refractivity contribution >= 4 is 34.1 Å². The lowest BCUT2D eigenvalue weighted by molar-refractivity contribution is 0.596. The number of nitrogens with zero attached hydrogens (tertiary/aromatic N) is 2. The summed E-state index contributed by atoms with van der Waals surface area (Å²) in [6.07, 6.45) is 3.50. The van der Waals surface area contributed by atoms with Gasteiger partial charge in [-0.1, -0.05) is 53.5 Å². The third-order valence-corrected chi connectivity index (χ3v) is 6.83. The van der Waals surface area contributed by atoms with Crippen LogP contribution in [0.3, 0.4) is 0 Å². The van der Waals surface area contributed by atoms with Crippen molar-refractivity contribution in [1.29, 1.82) is 0 Å². The monoisotopic (exact) mass is 488 g/mol. The number of halogens is 2. The van der Waals surface area contributed by atoms with Crippen LogP contribution in [0.2, 0.25) is 10.0 Å². The minimum Gasteiger partial charge on any atom is -0.336 e. The normalized spacial score (nSPS) is 13.2. The Hall–Kier alpha value is -3.38. The van der Waals surface area contributed by atoms with E-state index < -0.39 is 5.54 Å². The zero-order valence-corrected chi connectivity index (χ0v) is 20.2. The molecule has 0 amide bonds. The first-order valence-corrected chi connectivity index (χ1v) is 11.5. The van der Waals surface area contributed by atoms with E-state index in [4.69, 9.17) is 28.9 Å². The Morgan fingerprint density at radius 1 is 0.971 bits per heavy atom. The van der Waals surface area contributed by atoms with Crippen LogP contribution in [-0.4, -0.2) is 14.5 Å². The molecule has 7 heteroatoms. The van der Waals surface area contributed by atoms with Crippen molar-refractivity contribution in [2.45, 2.75) is 12.5 Å². The van der Waals surface area contributed by atoms with Crippen molar-refractivity contribution in [1.82, 2.24) is 14.5 Å². The van der Waals surface area contributed by atoms with Gasteiger partial charge in [-0.2, -0.15) is 0 Å². The molecule has 2 aromatic heterocycles. The van der Waals surface area contributed by atoms with Gasteiger partial charge < -0.3 is 15.3 Å². The summed E-state index contributed by atoms with van der Waals surface area (Å²) in [7, 11) is 1.92. The SMILES string of the molecule is Cc1c(-c2cccc(Cl)c2)c2cc([C@](N)(c3ccc(Cl)cc3)c3cncn3C)ccc2[nH]c1=O. The predicted molar refractivity (Wildman–Crippen MR) is 138 cm³/mol. The van der Waals surface area contributed by atoms with Crippen molar-refractivity contribution in [3.8, 4) is 11.1 Å². The quantitative estimate of drug-likeness (QED) is 0.335. The number of aryl methyl sites for hydroxylation is 1. The summed E-state index contributed by atoms with van der Waals surface area (Å²) < 4.78 is 1.91. The smallest absolute Gasteiger partial charge is 0.251 e. The second-order valence-corrected chi connectivity index (χ2v) is 9.30. The zero-order chi connectivity index (χ0) is 24.0. The van der Waals surface area contributed by atoms with Gasteiger partial charge in [-0.05, 0) is 65.6 Å². The van der Waals surface area contributed by atoms with Crippen LogP contribution in [0.4, 0.5) is 0 Å². The minimum absolute atomic E-state index is 0.140. The van der Waals surface area contributed by atoms with Crippen LogP contribution in [0, 0.1) is 6.92 Å². The van der Waals surface area contributed by atoms with Gasteiger partial charge in [-0.25, -0.2) is 4.98 Å². The van der Waals surface area contributed by atoms with Crippen LogP contribution in [0.5, 0.6) is 0 Å². The number of aromatic amines is 1. The third-order valence-electron chi connectivity index (χ3n) is 6.34. The molecular weight excluding hydrogens is 467 g/mol. The Kier molecular flexibility index (Phi) is 5.56. The van der Waals surface area contributed by atoms with Crippen molar-refractivity contribution < 1.29 is 0 Å². The van der Waals surface area contributed by atoms with Gasteiger partial charge >= 0.3 is 0 Å². The maximum absolute atomic E-state index is 12.7. The van der Waals surface area contributed by atoms with Crippen LogP contribution in [0.25, 0.3) is 22.0 Å². The maximum Gasteiger partial charge on any atom is 0.251 e. The van der Waals surface area contributed by atoms with Gasteiger partial charge in [-0.3, -0.25) is 4.79 Å². The summed E-state index contributed by atoms with van der Waals surface area (Å²) in [5, 5.41) is 2.11. The molecule has 0 bridgehead atoms. The molecule has 0 fully saturated rings. The molecule has 0 radical (unpaired) electrons. The summed E-state index contributed by atoms with van der Waals surface area (Å²) in [6, 6.07) is 20.9. The lowest BCUT2D eigenvalue weighted by Gasteiger charge is -2.31. The zero-order valence-electron chi connectivity index (χ0n) is 18.6. The molecule has 0 unspecified atom stereocenters. The summed E-state index contributed by atoms with van der Waals surface area (Å²) in [5.41, 5.74) is 11.6. The van der Waals surface area contributed by atoms with Crippen LogP contribution in [-0.2, 0) is 12.6 Å². The van der Waals surface area contributed by atoms with E-state index in [-0.39, 0.29) is 5.56 Å². The van der Waals surface area contributed by atoms with E-state index in [9.17, 15) is 4.79 Å². The topological polar surface area (TPSA) is 76.7 Å². The second-order valence-electron chi connectivity index (χ2n) is 8.43. The van der Waals surface area contributed by atoms with Crippen molar-refractivity contribution in [2.24, 2.45) is 12.8 Å². The molecule has 5 nitrogen and oxygen atoms in total. The van der Waals surface area contributed by atoms with Gasteiger partial charge in [0.2, 0.25) is 0 Å². The lowest BCUT2D eigenvalue weighted by atomic mass is 9.80. The Morgan fingerprint density at radius 3 is 2.38 bits per heavy atom. The highest BCUT2D eigenvalue weighted by atomic mass is 35.5. The molecular formula is C27H22Cl2N4O. The molecule has 3 aromatic carbocycles. The first-order valence-electron chi connectivity index (χ1n) is 10.7. The molecule has 0 saturated heterocycles. The predicted octanol–water partition coefficient (Wildman–Crippen LogP) is 5.79. The highest BCUT2D eigenvalue weighted by molar-refractivity contribution is 6.31. The van der Waals surface area contributed by atoms with Gasteiger partial charge in [0.05, 0.1) is 18.2 Å². The molecule has 5 rings (SSSR count). The number of hydrogen-bond acceptors (Lipinski definition) is 3. The molecule has 2 heterocycles. The van der Waals surface area contributed by atoms with Gasteiger partial charge in [0.25, 0.3) is 5.56 Å². The molecule has 0 aliphatic heterocycles. The third kappa shape index (κ3) is 3.62. The maximum atomic E-state index is 12.7. The molecule has 0 spiro atoms. The highest BCUT2D eigenvalue weighted by Crippen LogP contribution is 2.38. The average molecular weight is 489 g/mol. The number of nitrogens with one attached hydrogen (secondary N) is 1. The summed E-state index contributed by atoms with van der Waals surface area (Å²) >= 11 is 12.5. The Balaban J connectivity index is 1.84. The average Bonchev–Trinajstić information content (AvgIpc) is 3.26. The van der Waals surface area contributed by atoms with Crippen LogP contribution < -0.4 is 11.3 Å². The standard InChI is InChI=1S/C27H22Cl2N4O/c1-16-25(17-4-3-5-21(29)12-17)22-13-19(8-11-23(22)32-26(16)34)27(30,24-14-31-15-33(24)2)18-6-9-20(28)10-7-18/h3-15H,30H2,1-2H3,(H,32,34)/t27-/m1/s1. The molecule has 3 N–H and O–H groups in total. The number of H-pyrrole nitrogens is 1. The van der Waals surface area contributed by atoms with E-state index in [1.165, 1.54) is 0 Å². The summed E-state index contributed by atoms with van der Waals surface area (Å²) in [6.45, 7) is 1.82. The fourth-order valence-corrected chi connectivity index (χ4v) is 4.88. The van der Waals surface area contributed by atoms with Crippen LogP contribution >= 0.6 is 23.2 Å². The molecule has 0 saturated carbocycles. The Labute approximate surface area is 206 Å². The summed E-state index contributed by atoms with van der Waals surface area (Å²) in [4.78, 5) is 20.0. The van der Waals surface area contributed by atoms with Gasteiger partial charge in [-0.15, -0.1) is 0 Å². The fourth-order valence-electron chi connectivity index (χ4n) is 4.57. The van der Waals surface area contributed by atoms with Crippen molar-refractivity contribution in [3.05, 3.63) is 122 Å². The fraction of sp³-hybridized carbons (Fsp3) is 0.111. The van der Waals surface area contributed by atoms with Gasteiger partial charge in [0.15, 0.2) is 0 Å². The first-order chi connectivity index (χ1) is 16.3. The minimum atomic E-state index is -1.01. The number of nitrogens with two attached hydrogens (primary N) is 1. The summed E-state index contributed by atoms with van der Waals surface area (Å²) in [5.74, 6) is 0. The molecule has 170 valence electrons. The lowest BCUT2D eigenvalue weighted by Crippen LogP contribution is -2.41. The van der Waals surface area contributed by atoms with Crippen molar-refractivity contribution in [2.75, 3.05) is 0 Å². The van der Waals surface area contributed by atoms with Gasteiger partial charge in [0, 0.05) is 33.6 Å². The van der Waals surface area contributed by atoms with E-state index in [1.807, 2.05) is 85.3 Å². The van der Waals surface area contributed by atoms with E-state index in [0.29, 0.717) is 15.6 Å². The number of pyridine rings is 1. The molecule has 34 heavy (non-hydrogen) atoms. The number of aromatic nitrogens is 3. The molecule has 1 atom stereocenters. The molecule has 0 aliphatic carbocycles. The number of rotatable bonds is 4. The Bertz CT molecular complexity index is 1590. The van der Waals surface area contributed by atoms with E-state index in [0.717, 1.165) is 38.9 Å². The molecule has 0 aliphatic rings. The second kappa shape index (κ2) is 8.44. The van der Waals surface area contributed by atoms with E-state index in [1.54, 1.807) is 12.5 Å². The Morgan fingerprint density at radius 2 is 1.71 bits per heavy atom. The van der Waals surface area contributed by atoms with Crippen molar-refractivity contribution in [3.63, 3.8) is 0 Å². The number of benzene rings is 3. The largest absolute Gasteiger partial charge is 0.336 e. The molecule has 5 aromatic rings.